The normalized spacial score (nSPS) is 23.4. The zero-order chi connectivity index (χ0) is 14.0. The van der Waals surface area contributed by atoms with Gasteiger partial charge in [-0.1, -0.05) is 11.6 Å². The maximum atomic E-state index is 12.5. The van der Waals surface area contributed by atoms with Crippen LogP contribution in [0.1, 0.15) is 19.8 Å². The lowest BCUT2D eigenvalue weighted by Gasteiger charge is -2.34. The number of rotatable bonds is 4. The predicted octanol–water partition coefficient (Wildman–Crippen LogP) is 2.41. The zero-order valence-electron chi connectivity index (χ0n) is 11.1. The van der Waals surface area contributed by atoms with Crippen molar-refractivity contribution < 1.29 is 8.42 Å². The number of hydrogen-bond acceptors (Lipinski definition) is 4. The molecule has 2 heterocycles. The topological polar surface area (TPSA) is 49.4 Å². The molecule has 0 aromatic carbocycles. The number of nitrogens with zero attached hydrogens (tertiary/aromatic N) is 1. The lowest BCUT2D eigenvalue weighted by Crippen LogP contribution is -2.45. The van der Waals surface area contributed by atoms with E-state index in [1.807, 2.05) is 7.05 Å². The van der Waals surface area contributed by atoms with Gasteiger partial charge >= 0.3 is 0 Å². The Bertz CT molecular complexity index is 530. The van der Waals surface area contributed by atoms with Gasteiger partial charge in [0.05, 0.1) is 4.34 Å². The molecular weight excluding hydrogens is 304 g/mol. The maximum Gasteiger partial charge on any atom is 0.252 e. The molecule has 1 aromatic heterocycles. The Morgan fingerprint density at radius 2 is 2.26 bits per heavy atom. The summed E-state index contributed by atoms with van der Waals surface area (Å²) in [6, 6.07) is 3.55. The van der Waals surface area contributed by atoms with Crippen molar-refractivity contribution in [3.05, 3.63) is 16.5 Å². The van der Waals surface area contributed by atoms with Crippen molar-refractivity contribution in [3.63, 3.8) is 0 Å². The highest BCUT2D eigenvalue weighted by Gasteiger charge is 2.32. The van der Waals surface area contributed by atoms with E-state index in [1.165, 1.54) is 0 Å². The Hall–Kier alpha value is -0.140. The standard InChI is InChI=1S/C12H19ClN2O2S2/c1-9(14-2)10-4-3-7-15(8-10)19(16,17)12-6-5-11(13)18-12/h5-6,9-10,14H,3-4,7-8H2,1-2H3. The Morgan fingerprint density at radius 1 is 1.53 bits per heavy atom. The molecule has 7 heteroatoms. The number of thiophene rings is 1. The van der Waals surface area contributed by atoms with Crippen LogP contribution in [0.4, 0.5) is 0 Å². The van der Waals surface area contributed by atoms with Crippen LogP contribution in [-0.4, -0.2) is 38.9 Å². The second-order valence-corrected chi connectivity index (χ2v) is 8.78. The summed E-state index contributed by atoms with van der Waals surface area (Å²) in [4.78, 5) is 0. The van der Waals surface area contributed by atoms with Gasteiger partial charge in [0.15, 0.2) is 0 Å². The summed E-state index contributed by atoms with van der Waals surface area (Å²) in [6.45, 7) is 3.29. The monoisotopic (exact) mass is 322 g/mol. The minimum absolute atomic E-state index is 0.324. The first-order chi connectivity index (χ1) is 8.95. The van der Waals surface area contributed by atoms with E-state index < -0.39 is 10.0 Å². The molecule has 0 radical (unpaired) electrons. The van der Waals surface area contributed by atoms with Gasteiger partial charge in [-0.2, -0.15) is 4.31 Å². The largest absolute Gasteiger partial charge is 0.317 e. The molecule has 4 nitrogen and oxygen atoms in total. The Labute approximate surface area is 123 Å². The van der Waals surface area contributed by atoms with E-state index in [1.54, 1.807) is 16.4 Å². The van der Waals surface area contributed by atoms with Crippen molar-refractivity contribution in [2.24, 2.45) is 5.92 Å². The molecule has 0 aliphatic carbocycles. The van der Waals surface area contributed by atoms with E-state index >= 15 is 0 Å². The van der Waals surface area contributed by atoms with E-state index in [4.69, 9.17) is 11.6 Å². The molecule has 1 aliphatic heterocycles. The van der Waals surface area contributed by atoms with Gasteiger partial charge in [-0.25, -0.2) is 8.42 Å². The fraction of sp³-hybridized carbons (Fsp3) is 0.667. The molecule has 0 saturated carbocycles. The summed E-state index contributed by atoms with van der Waals surface area (Å²) in [6.07, 6.45) is 1.98. The van der Waals surface area contributed by atoms with Crippen LogP contribution in [0.25, 0.3) is 0 Å². The number of sulfonamides is 1. The van der Waals surface area contributed by atoms with Crippen molar-refractivity contribution in [3.8, 4) is 0 Å². The van der Waals surface area contributed by atoms with Gasteiger partial charge in [-0.05, 0) is 44.9 Å². The number of hydrogen-bond donors (Lipinski definition) is 1. The fourth-order valence-corrected chi connectivity index (χ4v) is 5.57. The van der Waals surface area contributed by atoms with Crippen LogP contribution in [0.5, 0.6) is 0 Å². The van der Waals surface area contributed by atoms with Crippen molar-refractivity contribution in [2.45, 2.75) is 30.0 Å². The van der Waals surface area contributed by atoms with Crippen LogP contribution in [0.15, 0.2) is 16.3 Å². The highest BCUT2D eigenvalue weighted by atomic mass is 35.5. The fourth-order valence-electron chi connectivity index (χ4n) is 2.40. The number of nitrogens with one attached hydrogen (secondary N) is 1. The third-order valence-electron chi connectivity index (χ3n) is 3.73. The van der Waals surface area contributed by atoms with Crippen LogP contribution >= 0.6 is 22.9 Å². The van der Waals surface area contributed by atoms with E-state index in [2.05, 4.69) is 12.2 Å². The molecule has 1 aromatic rings. The molecule has 108 valence electrons. The Morgan fingerprint density at radius 3 is 2.84 bits per heavy atom. The summed E-state index contributed by atoms with van der Waals surface area (Å²) in [5.41, 5.74) is 0. The first-order valence-electron chi connectivity index (χ1n) is 6.38. The maximum absolute atomic E-state index is 12.5. The van der Waals surface area contributed by atoms with Gasteiger partial charge in [0.2, 0.25) is 0 Å². The van der Waals surface area contributed by atoms with E-state index in [0.717, 1.165) is 24.2 Å². The van der Waals surface area contributed by atoms with Crippen LogP contribution in [-0.2, 0) is 10.0 Å². The quantitative estimate of drug-likeness (QED) is 0.926. The first-order valence-corrected chi connectivity index (χ1v) is 9.01. The van der Waals surface area contributed by atoms with Crippen molar-refractivity contribution in [1.29, 1.82) is 0 Å². The van der Waals surface area contributed by atoms with Crippen LogP contribution in [0, 0.1) is 5.92 Å². The SMILES string of the molecule is CNC(C)C1CCCN(S(=O)(=O)c2ccc(Cl)s2)C1. The molecule has 2 atom stereocenters. The molecule has 0 bridgehead atoms. The summed E-state index contributed by atoms with van der Waals surface area (Å²) in [5.74, 6) is 0.365. The molecule has 0 amide bonds. The Balaban J connectivity index is 2.17. The highest BCUT2D eigenvalue weighted by molar-refractivity contribution is 7.91. The number of piperidine rings is 1. The van der Waals surface area contributed by atoms with Gasteiger partial charge in [0.25, 0.3) is 10.0 Å². The van der Waals surface area contributed by atoms with Gasteiger partial charge < -0.3 is 5.32 Å². The van der Waals surface area contributed by atoms with Crippen molar-refractivity contribution in [2.75, 3.05) is 20.1 Å². The molecule has 2 unspecified atom stereocenters. The molecule has 0 spiro atoms. The average Bonchev–Trinajstić information content (AvgIpc) is 2.85. The molecule has 2 rings (SSSR count). The molecule has 1 aliphatic rings. The van der Waals surface area contributed by atoms with Gasteiger partial charge in [-0.15, -0.1) is 11.3 Å². The van der Waals surface area contributed by atoms with E-state index in [0.29, 0.717) is 33.6 Å². The minimum Gasteiger partial charge on any atom is -0.317 e. The zero-order valence-corrected chi connectivity index (χ0v) is 13.5. The first kappa shape index (κ1) is 15.3. The Kier molecular flexibility index (Phi) is 4.89. The smallest absolute Gasteiger partial charge is 0.252 e. The molecule has 1 N–H and O–H groups in total. The van der Waals surface area contributed by atoms with Crippen molar-refractivity contribution >= 4 is 33.0 Å². The molecule has 1 fully saturated rings. The number of halogens is 1. The van der Waals surface area contributed by atoms with Crippen molar-refractivity contribution in [1.82, 2.24) is 9.62 Å². The van der Waals surface area contributed by atoms with E-state index in [9.17, 15) is 8.42 Å². The summed E-state index contributed by atoms with van der Waals surface area (Å²) >= 11 is 6.96. The molecule has 1 saturated heterocycles. The van der Waals surface area contributed by atoms with Gasteiger partial charge in [-0.3, -0.25) is 0 Å². The third kappa shape index (κ3) is 3.31. The summed E-state index contributed by atoms with van der Waals surface area (Å²) < 4.78 is 27.5. The molecular formula is C12H19ClN2O2S2. The molecule has 19 heavy (non-hydrogen) atoms. The summed E-state index contributed by atoms with van der Waals surface area (Å²) in [7, 11) is -1.46. The second-order valence-electron chi connectivity index (χ2n) is 4.90. The van der Waals surface area contributed by atoms with Gasteiger partial charge in [0, 0.05) is 19.1 Å². The lowest BCUT2D eigenvalue weighted by molar-refractivity contribution is 0.229. The second kappa shape index (κ2) is 6.10. The minimum atomic E-state index is -3.38. The van der Waals surface area contributed by atoms with E-state index in [-0.39, 0.29) is 0 Å². The predicted molar refractivity (Wildman–Crippen MR) is 79.3 cm³/mol. The van der Waals surface area contributed by atoms with Gasteiger partial charge in [0.1, 0.15) is 4.21 Å². The van der Waals surface area contributed by atoms with Crippen LogP contribution < -0.4 is 5.32 Å². The highest BCUT2D eigenvalue weighted by Crippen LogP contribution is 2.31. The van der Waals surface area contributed by atoms with Crippen LogP contribution in [0.2, 0.25) is 4.34 Å². The summed E-state index contributed by atoms with van der Waals surface area (Å²) in [5, 5.41) is 3.21. The average molecular weight is 323 g/mol. The van der Waals surface area contributed by atoms with Crippen LogP contribution in [0.3, 0.4) is 0 Å². The lowest BCUT2D eigenvalue weighted by atomic mass is 9.93. The third-order valence-corrected chi connectivity index (χ3v) is 7.29.